The first-order chi connectivity index (χ1) is 8.27. The Bertz CT molecular complexity index is 529. The molecule has 2 unspecified atom stereocenters. The lowest BCUT2D eigenvalue weighted by atomic mass is 9.98. The first kappa shape index (κ1) is 10.8. The Morgan fingerprint density at radius 3 is 2.76 bits per heavy atom. The predicted molar refractivity (Wildman–Crippen MR) is 71.1 cm³/mol. The fourth-order valence-electron chi connectivity index (χ4n) is 2.82. The number of nitrogens with one attached hydrogen (secondary N) is 2. The van der Waals surface area contributed by atoms with Gasteiger partial charge in [-0.3, -0.25) is 0 Å². The monoisotopic (exact) mass is 229 g/mol. The quantitative estimate of drug-likeness (QED) is 0.780. The second-order valence-corrected chi connectivity index (χ2v) is 4.89. The molecule has 0 spiro atoms. The van der Waals surface area contributed by atoms with Crippen LogP contribution in [0.25, 0.3) is 10.9 Å². The van der Waals surface area contributed by atoms with Gasteiger partial charge in [-0.05, 0) is 18.6 Å². The molecule has 0 radical (unpaired) electrons. The molecule has 1 fully saturated rings. The minimum atomic E-state index is 0.412. The molecule has 90 valence electrons. The van der Waals surface area contributed by atoms with Crippen molar-refractivity contribution in [2.75, 3.05) is 13.1 Å². The molecule has 0 saturated carbocycles. The second kappa shape index (κ2) is 4.17. The number of rotatable bonds is 1. The van der Waals surface area contributed by atoms with Crippen LogP contribution >= 0.6 is 0 Å². The van der Waals surface area contributed by atoms with Crippen molar-refractivity contribution in [3.05, 3.63) is 36.0 Å². The van der Waals surface area contributed by atoms with Crippen LogP contribution in [-0.4, -0.2) is 23.7 Å². The van der Waals surface area contributed by atoms with Crippen molar-refractivity contribution in [2.24, 2.45) is 7.05 Å². The molecule has 1 aliphatic rings. The Balaban J connectivity index is 2.10. The van der Waals surface area contributed by atoms with Gasteiger partial charge in [0.25, 0.3) is 0 Å². The van der Waals surface area contributed by atoms with Gasteiger partial charge in [0.2, 0.25) is 0 Å². The van der Waals surface area contributed by atoms with Crippen LogP contribution in [-0.2, 0) is 7.05 Å². The minimum Gasteiger partial charge on any atom is -0.350 e. The Hall–Kier alpha value is -1.32. The van der Waals surface area contributed by atoms with Crippen LogP contribution < -0.4 is 10.6 Å². The van der Waals surface area contributed by atoms with E-state index in [1.54, 1.807) is 0 Å². The zero-order valence-corrected chi connectivity index (χ0v) is 10.4. The van der Waals surface area contributed by atoms with E-state index in [-0.39, 0.29) is 0 Å². The predicted octanol–water partition coefficient (Wildman–Crippen LogP) is 1.80. The van der Waals surface area contributed by atoms with E-state index in [1.807, 2.05) is 0 Å². The summed E-state index contributed by atoms with van der Waals surface area (Å²) in [6, 6.07) is 9.51. The summed E-state index contributed by atoms with van der Waals surface area (Å²) < 4.78 is 2.22. The first-order valence-electron chi connectivity index (χ1n) is 6.28. The molecule has 3 rings (SSSR count). The van der Waals surface area contributed by atoms with Gasteiger partial charge in [0.1, 0.15) is 0 Å². The molecule has 1 aromatic carbocycles. The van der Waals surface area contributed by atoms with Crippen molar-refractivity contribution in [3.8, 4) is 0 Å². The van der Waals surface area contributed by atoms with E-state index in [9.17, 15) is 0 Å². The molecule has 2 atom stereocenters. The van der Waals surface area contributed by atoms with Gasteiger partial charge in [-0.2, -0.15) is 0 Å². The molecular formula is C14H19N3. The van der Waals surface area contributed by atoms with Crippen molar-refractivity contribution in [1.82, 2.24) is 15.2 Å². The van der Waals surface area contributed by atoms with Gasteiger partial charge in [0.05, 0.1) is 0 Å². The zero-order valence-electron chi connectivity index (χ0n) is 10.4. The van der Waals surface area contributed by atoms with Crippen molar-refractivity contribution in [2.45, 2.75) is 19.0 Å². The number of para-hydroxylation sites is 1. The largest absolute Gasteiger partial charge is 0.350 e. The van der Waals surface area contributed by atoms with Gasteiger partial charge in [-0.15, -0.1) is 0 Å². The molecule has 0 bridgehead atoms. The number of piperazine rings is 1. The summed E-state index contributed by atoms with van der Waals surface area (Å²) in [6.07, 6.45) is 2.26. The summed E-state index contributed by atoms with van der Waals surface area (Å²) in [6.45, 7) is 4.35. The first-order valence-corrected chi connectivity index (χ1v) is 6.28. The molecule has 1 aromatic heterocycles. The standard InChI is InChI=1S/C14H19N3/c1-10-14(16-8-7-15-10)12-9-17(2)13-6-4-3-5-11(12)13/h3-6,9-10,14-16H,7-8H2,1-2H3. The maximum Gasteiger partial charge on any atom is 0.0494 e. The number of hydrogen-bond donors (Lipinski definition) is 2. The summed E-state index contributed by atoms with van der Waals surface area (Å²) in [5.41, 5.74) is 2.71. The normalized spacial score (nSPS) is 25.3. The number of benzene rings is 1. The summed E-state index contributed by atoms with van der Waals surface area (Å²) in [5.74, 6) is 0. The smallest absolute Gasteiger partial charge is 0.0494 e. The number of hydrogen-bond acceptors (Lipinski definition) is 2. The number of aryl methyl sites for hydroxylation is 1. The van der Waals surface area contributed by atoms with Crippen LogP contribution in [0.2, 0.25) is 0 Å². The molecule has 3 nitrogen and oxygen atoms in total. The number of nitrogens with zero attached hydrogens (tertiary/aromatic N) is 1. The van der Waals surface area contributed by atoms with Crippen molar-refractivity contribution in [1.29, 1.82) is 0 Å². The van der Waals surface area contributed by atoms with Gasteiger partial charge in [0, 0.05) is 49.3 Å². The van der Waals surface area contributed by atoms with Crippen LogP contribution in [0.1, 0.15) is 18.5 Å². The fourth-order valence-corrected chi connectivity index (χ4v) is 2.82. The second-order valence-electron chi connectivity index (χ2n) is 4.89. The van der Waals surface area contributed by atoms with E-state index in [0.29, 0.717) is 12.1 Å². The fraction of sp³-hybridized carbons (Fsp3) is 0.429. The third-order valence-electron chi connectivity index (χ3n) is 3.72. The third kappa shape index (κ3) is 1.75. The highest BCUT2D eigenvalue weighted by Gasteiger charge is 2.24. The minimum absolute atomic E-state index is 0.412. The molecule has 0 aliphatic carbocycles. The Morgan fingerprint density at radius 2 is 1.94 bits per heavy atom. The molecule has 1 aliphatic heterocycles. The van der Waals surface area contributed by atoms with Crippen LogP contribution in [0.15, 0.2) is 30.5 Å². The Morgan fingerprint density at radius 1 is 1.18 bits per heavy atom. The molecular weight excluding hydrogens is 210 g/mol. The van der Waals surface area contributed by atoms with Crippen molar-refractivity contribution < 1.29 is 0 Å². The summed E-state index contributed by atoms with van der Waals surface area (Å²) >= 11 is 0. The molecule has 1 saturated heterocycles. The highest BCUT2D eigenvalue weighted by atomic mass is 15.1. The van der Waals surface area contributed by atoms with Crippen molar-refractivity contribution >= 4 is 10.9 Å². The topological polar surface area (TPSA) is 29.0 Å². The third-order valence-corrected chi connectivity index (χ3v) is 3.72. The highest BCUT2D eigenvalue weighted by Crippen LogP contribution is 2.28. The Labute approximate surface area is 102 Å². The SMILES string of the molecule is CC1NCCNC1c1cn(C)c2ccccc12. The van der Waals surface area contributed by atoms with Gasteiger partial charge in [0.15, 0.2) is 0 Å². The average Bonchev–Trinajstić information content (AvgIpc) is 2.68. The number of fused-ring (bicyclic) bond motifs is 1. The zero-order chi connectivity index (χ0) is 11.8. The maximum absolute atomic E-state index is 3.61. The van der Waals surface area contributed by atoms with Crippen LogP contribution in [0.4, 0.5) is 0 Å². The van der Waals surface area contributed by atoms with Crippen LogP contribution in [0, 0.1) is 0 Å². The van der Waals surface area contributed by atoms with E-state index in [4.69, 9.17) is 0 Å². The molecule has 3 heteroatoms. The summed E-state index contributed by atoms with van der Waals surface area (Å²) in [4.78, 5) is 0. The highest BCUT2D eigenvalue weighted by molar-refractivity contribution is 5.84. The lowest BCUT2D eigenvalue weighted by Gasteiger charge is -2.31. The van der Waals surface area contributed by atoms with E-state index in [2.05, 4.69) is 59.6 Å². The summed E-state index contributed by atoms with van der Waals surface area (Å²) in [5, 5.41) is 8.51. The van der Waals surface area contributed by atoms with Gasteiger partial charge >= 0.3 is 0 Å². The van der Waals surface area contributed by atoms with Crippen molar-refractivity contribution in [3.63, 3.8) is 0 Å². The lowest BCUT2D eigenvalue weighted by molar-refractivity contribution is 0.347. The molecule has 2 heterocycles. The van der Waals surface area contributed by atoms with E-state index >= 15 is 0 Å². The van der Waals surface area contributed by atoms with Gasteiger partial charge in [-0.25, -0.2) is 0 Å². The molecule has 2 aromatic rings. The maximum atomic E-state index is 3.61. The summed E-state index contributed by atoms with van der Waals surface area (Å²) in [7, 11) is 2.12. The average molecular weight is 229 g/mol. The molecule has 2 N–H and O–H groups in total. The van der Waals surface area contributed by atoms with E-state index in [1.165, 1.54) is 16.5 Å². The molecule has 0 amide bonds. The number of aromatic nitrogens is 1. The van der Waals surface area contributed by atoms with E-state index < -0.39 is 0 Å². The Kier molecular flexibility index (Phi) is 2.65. The van der Waals surface area contributed by atoms with Gasteiger partial charge < -0.3 is 15.2 Å². The lowest BCUT2D eigenvalue weighted by Crippen LogP contribution is -2.48. The van der Waals surface area contributed by atoms with Crippen LogP contribution in [0.5, 0.6) is 0 Å². The van der Waals surface area contributed by atoms with Gasteiger partial charge in [-0.1, -0.05) is 18.2 Å². The van der Waals surface area contributed by atoms with Crippen LogP contribution in [0.3, 0.4) is 0 Å². The van der Waals surface area contributed by atoms with E-state index in [0.717, 1.165) is 13.1 Å². The molecule has 17 heavy (non-hydrogen) atoms.